The molecule has 5 heteroatoms. The maximum Gasteiger partial charge on any atom is 0.184 e. The summed E-state index contributed by atoms with van der Waals surface area (Å²) in [5.74, 6) is -0.872. The first-order valence-electron chi connectivity index (χ1n) is 13.7. The molecule has 5 nitrogen and oxygen atoms in total. The number of allylic oxidation sites excluding steroid dienone is 5. The molecule has 204 valence electrons. The van der Waals surface area contributed by atoms with E-state index in [-0.39, 0.29) is 41.9 Å². The average Bonchev–Trinajstić information content (AvgIpc) is 3.29. The fourth-order valence-corrected chi connectivity index (χ4v) is 6.75. The molecule has 1 aliphatic heterocycles. The summed E-state index contributed by atoms with van der Waals surface area (Å²) in [5.41, 5.74) is -2.16. The topological polar surface area (TPSA) is 80.7 Å². The van der Waals surface area contributed by atoms with Crippen LogP contribution in [0.1, 0.15) is 91.4 Å². The predicted octanol–water partition coefficient (Wildman–Crippen LogP) is 6.57. The molecule has 3 aliphatic rings. The molecule has 1 heterocycles. The summed E-state index contributed by atoms with van der Waals surface area (Å²) in [6.45, 7) is 15.2. The van der Waals surface area contributed by atoms with Crippen LogP contribution in [0, 0.1) is 22.2 Å². The van der Waals surface area contributed by atoms with Crippen molar-refractivity contribution in [1.29, 1.82) is 0 Å². The second kappa shape index (κ2) is 9.44. The van der Waals surface area contributed by atoms with Crippen molar-refractivity contribution in [3.05, 3.63) is 70.5 Å². The van der Waals surface area contributed by atoms with Crippen LogP contribution in [-0.2, 0) is 14.3 Å². The number of fused-ring (bicyclic) bond motifs is 3. The van der Waals surface area contributed by atoms with Crippen molar-refractivity contribution in [3.63, 3.8) is 0 Å². The van der Waals surface area contributed by atoms with Crippen molar-refractivity contribution in [1.82, 2.24) is 0 Å². The van der Waals surface area contributed by atoms with Gasteiger partial charge in [0.15, 0.2) is 22.8 Å². The molecule has 4 rings (SSSR count). The molecule has 1 aromatic carbocycles. The van der Waals surface area contributed by atoms with Crippen LogP contribution in [-0.4, -0.2) is 34.2 Å². The lowest BCUT2D eigenvalue weighted by Crippen LogP contribution is -2.68. The van der Waals surface area contributed by atoms with Crippen LogP contribution in [0.2, 0.25) is 0 Å². The van der Waals surface area contributed by atoms with Gasteiger partial charge < -0.3 is 9.84 Å². The molecule has 1 aromatic rings. The third-order valence-electron chi connectivity index (χ3n) is 9.16. The minimum atomic E-state index is -1.68. The highest BCUT2D eigenvalue weighted by atomic mass is 16.5. The second-order valence-corrected chi connectivity index (χ2v) is 13.1. The lowest BCUT2D eigenvalue weighted by atomic mass is 9.39. The number of hydrogen-bond donors (Lipinski definition) is 1. The number of Topliss-reactive ketones (excluding diaryl/α,β-unsaturated/α-hetero) is 3. The van der Waals surface area contributed by atoms with Gasteiger partial charge in [0.1, 0.15) is 11.9 Å². The Labute approximate surface area is 227 Å². The third kappa shape index (κ3) is 4.05. The van der Waals surface area contributed by atoms with Crippen molar-refractivity contribution in [2.45, 2.75) is 92.8 Å². The minimum absolute atomic E-state index is 0.129. The number of carbonyl (C=O) groups excluding carboxylic acids is 3. The molecule has 38 heavy (non-hydrogen) atoms. The van der Waals surface area contributed by atoms with Gasteiger partial charge in [0.25, 0.3) is 0 Å². The maximum absolute atomic E-state index is 15.0. The molecule has 0 saturated heterocycles. The van der Waals surface area contributed by atoms with Crippen molar-refractivity contribution in [2.75, 3.05) is 0 Å². The third-order valence-corrected chi connectivity index (χ3v) is 9.16. The zero-order chi connectivity index (χ0) is 28.3. The number of rotatable bonds is 7. The molecular weight excluding hydrogens is 476 g/mol. The van der Waals surface area contributed by atoms with Crippen molar-refractivity contribution in [3.8, 4) is 0 Å². The highest BCUT2D eigenvalue weighted by Gasteiger charge is 2.76. The maximum atomic E-state index is 15.0. The van der Waals surface area contributed by atoms with Gasteiger partial charge in [0.2, 0.25) is 0 Å². The van der Waals surface area contributed by atoms with E-state index in [1.54, 1.807) is 38.1 Å². The Kier molecular flexibility index (Phi) is 7.01. The molecule has 1 saturated carbocycles. The summed E-state index contributed by atoms with van der Waals surface area (Å²) in [6, 6.07) is 8.89. The van der Waals surface area contributed by atoms with Crippen molar-refractivity contribution >= 4 is 17.3 Å². The van der Waals surface area contributed by atoms with E-state index in [1.165, 1.54) is 0 Å². The molecule has 0 amide bonds. The van der Waals surface area contributed by atoms with Gasteiger partial charge in [0, 0.05) is 17.6 Å². The van der Waals surface area contributed by atoms with Crippen LogP contribution < -0.4 is 0 Å². The number of ketones is 3. The SMILES string of the molecule is CC(C)=CC[C@@H]1C[C@@]2(CC=C(C)C)C(=O)C3=C(OC(C(C)(C)O)C3)[C@](C(=O)c3ccccc3)(C2=O)C1(C)C. The molecule has 0 radical (unpaired) electrons. The van der Waals surface area contributed by atoms with E-state index < -0.39 is 27.9 Å². The first-order chi connectivity index (χ1) is 17.6. The molecule has 2 bridgehead atoms. The van der Waals surface area contributed by atoms with E-state index in [9.17, 15) is 14.7 Å². The van der Waals surface area contributed by atoms with E-state index in [0.717, 1.165) is 11.1 Å². The van der Waals surface area contributed by atoms with Gasteiger partial charge in [-0.3, -0.25) is 14.4 Å². The lowest BCUT2D eigenvalue weighted by molar-refractivity contribution is -0.165. The zero-order valence-electron chi connectivity index (χ0n) is 24.1. The van der Waals surface area contributed by atoms with E-state index >= 15 is 4.79 Å². The number of hydrogen-bond acceptors (Lipinski definition) is 5. The Balaban J connectivity index is 2.08. The Morgan fingerprint density at radius 1 is 1.05 bits per heavy atom. The smallest absolute Gasteiger partial charge is 0.184 e. The molecule has 2 aliphatic carbocycles. The van der Waals surface area contributed by atoms with E-state index in [4.69, 9.17) is 4.74 Å². The predicted molar refractivity (Wildman–Crippen MR) is 148 cm³/mol. The lowest BCUT2D eigenvalue weighted by Gasteiger charge is -2.59. The van der Waals surface area contributed by atoms with E-state index in [2.05, 4.69) is 6.08 Å². The van der Waals surface area contributed by atoms with Gasteiger partial charge in [-0.1, -0.05) is 67.5 Å². The van der Waals surface area contributed by atoms with E-state index in [1.807, 2.05) is 53.7 Å². The van der Waals surface area contributed by atoms with Crippen molar-refractivity contribution in [2.24, 2.45) is 22.2 Å². The Morgan fingerprint density at radius 3 is 2.21 bits per heavy atom. The monoisotopic (exact) mass is 518 g/mol. The van der Waals surface area contributed by atoms with Gasteiger partial charge >= 0.3 is 0 Å². The molecule has 1 unspecified atom stereocenters. The Morgan fingerprint density at radius 2 is 1.66 bits per heavy atom. The minimum Gasteiger partial charge on any atom is -0.489 e. The number of benzene rings is 1. The summed E-state index contributed by atoms with van der Waals surface area (Å²) in [4.78, 5) is 44.2. The van der Waals surface area contributed by atoms with Gasteiger partial charge in [-0.25, -0.2) is 0 Å². The summed E-state index contributed by atoms with van der Waals surface area (Å²) < 4.78 is 6.42. The largest absolute Gasteiger partial charge is 0.489 e. The molecular formula is C33H42O5. The van der Waals surface area contributed by atoms with Gasteiger partial charge in [-0.15, -0.1) is 0 Å². The summed E-state index contributed by atoms with van der Waals surface area (Å²) in [7, 11) is 0. The molecule has 0 spiro atoms. The summed E-state index contributed by atoms with van der Waals surface area (Å²) in [6.07, 6.45) is 4.83. The van der Waals surface area contributed by atoms with Gasteiger partial charge in [-0.2, -0.15) is 0 Å². The fraction of sp³-hybridized carbons (Fsp3) is 0.545. The molecule has 4 atom stereocenters. The quantitative estimate of drug-likeness (QED) is 0.251. The van der Waals surface area contributed by atoms with Crippen molar-refractivity contribution < 1.29 is 24.2 Å². The molecule has 1 N–H and O–H groups in total. The molecule has 0 aromatic heterocycles. The van der Waals surface area contributed by atoms with Crippen LogP contribution in [0.25, 0.3) is 0 Å². The van der Waals surface area contributed by atoms with Gasteiger partial charge in [-0.05, 0) is 72.1 Å². The Hall–Kier alpha value is -2.79. The second-order valence-electron chi connectivity index (χ2n) is 13.1. The van der Waals surface area contributed by atoms with Crippen LogP contribution in [0.5, 0.6) is 0 Å². The average molecular weight is 519 g/mol. The van der Waals surface area contributed by atoms with E-state index in [0.29, 0.717) is 24.0 Å². The Bertz CT molecular complexity index is 1250. The summed E-state index contributed by atoms with van der Waals surface area (Å²) >= 11 is 0. The van der Waals surface area contributed by atoms with Gasteiger partial charge in [0.05, 0.1) is 11.0 Å². The number of carbonyl (C=O) groups is 3. The zero-order valence-corrected chi connectivity index (χ0v) is 24.1. The molecule has 1 fully saturated rings. The first-order valence-corrected chi connectivity index (χ1v) is 13.7. The number of ether oxygens (including phenoxy) is 1. The van der Waals surface area contributed by atoms with Crippen LogP contribution >= 0.6 is 0 Å². The first kappa shape index (κ1) is 28.2. The fourth-order valence-electron chi connectivity index (χ4n) is 6.75. The van der Waals surface area contributed by atoms with Crippen LogP contribution in [0.3, 0.4) is 0 Å². The highest BCUT2D eigenvalue weighted by molar-refractivity contribution is 6.30. The standard InChI is InChI=1S/C33H42O5/c1-20(2)14-15-23-19-32(17-16-21(3)4)27(35)24-18-25(31(7,8)37)38-28(24)33(29(32)36,30(23,5)6)26(34)22-12-10-9-11-13-22/h9-14,16,23,25,37H,15,17-19H2,1-8H3/t23-,25?,32+,33-/m1/s1. The summed E-state index contributed by atoms with van der Waals surface area (Å²) in [5, 5.41) is 10.9. The normalized spacial score (nSPS) is 29.9. The van der Waals surface area contributed by atoms with Crippen LogP contribution in [0.4, 0.5) is 0 Å². The number of aliphatic hydroxyl groups is 1. The highest BCUT2D eigenvalue weighted by Crippen LogP contribution is 2.68. The van der Waals surface area contributed by atoms with Crippen LogP contribution in [0.15, 0.2) is 65.0 Å².